The van der Waals surface area contributed by atoms with E-state index >= 15 is 0 Å². The minimum atomic E-state index is -4.97. The van der Waals surface area contributed by atoms with Crippen molar-refractivity contribution in [2.45, 2.75) is 11.3 Å². The fourth-order valence-corrected chi connectivity index (χ4v) is 2.11. The Morgan fingerprint density at radius 3 is 2.41 bits per heavy atom. The van der Waals surface area contributed by atoms with Crippen LogP contribution in [0.4, 0.5) is 17.6 Å². The molecule has 0 atom stereocenters. The van der Waals surface area contributed by atoms with Gasteiger partial charge in [0.2, 0.25) is 9.84 Å². The first-order chi connectivity index (χ1) is 10.1. The Balaban J connectivity index is 2.58. The van der Waals surface area contributed by atoms with E-state index in [4.69, 9.17) is 0 Å². The van der Waals surface area contributed by atoms with Crippen LogP contribution >= 0.6 is 0 Å². The van der Waals surface area contributed by atoms with Crippen molar-refractivity contribution in [2.24, 2.45) is 5.10 Å². The van der Waals surface area contributed by atoms with Crippen molar-refractivity contribution in [1.29, 1.82) is 0 Å². The standard InChI is InChI=1S/C11H8F4N4O2S/c1-22(20,21)10-18-17-9(11(13,14)15)19(10)16-6-7-4-2-3-5-8(7)12/h2-6H,1H3/b16-6+. The minimum Gasteiger partial charge on any atom is -0.221 e. The zero-order valence-corrected chi connectivity index (χ0v) is 11.7. The highest BCUT2D eigenvalue weighted by Gasteiger charge is 2.40. The summed E-state index contributed by atoms with van der Waals surface area (Å²) in [7, 11) is -4.11. The third-order valence-corrected chi connectivity index (χ3v) is 3.33. The van der Waals surface area contributed by atoms with E-state index < -0.39 is 32.8 Å². The Morgan fingerprint density at radius 1 is 1.23 bits per heavy atom. The Bertz CT molecular complexity index is 827. The molecule has 2 rings (SSSR count). The number of halogens is 4. The van der Waals surface area contributed by atoms with Crippen LogP contribution in [-0.2, 0) is 16.0 Å². The summed E-state index contributed by atoms with van der Waals surface area (Å²) in [5.41, 5.74) is -0.122. The lowest BCUT2D eigenvalue weighted by molar-refractivity contribution is -0.147. The normalized spacial score (nSPS) is 13.0. The molecule has 1 heterocycles. The topological polar surface area (TPSA) is 77.2 Å². The molecular weight excluding hydrogens is 328 g/mol. The molecule has 0 bridgehead atoms. The van der Waals surface area contributed by atoms with Gasteiger partial charge in [0.1, 0.15) is 5.82 Å². The van der Waals surface area contributed by atoms with Gasteiger partial charge in [-0.25, -0.2) is 12.8 Å². The van der Waals surface area contributed by atoms with Crippen molar-refractivity contribution in [3.63, 3.8) is 0 Å². The summed E-state index contributed by atoms with van der Waals surface area (Å²) in [5.74, 6) is -2.35. The van der Waals surface area contributed by atoms with Crippen molar-refractivity contribution in [2.75, 3.05) is 6.26 Å². The Morgan fingerprint density at radius 2 is 1.86 bits per heavy atom. The van der Waals surface area contributed by atoms with Gasteiger partial charge in [0.15, 0.2) is 0 Å². The highest BCUT2D eigenvalue weighted by molar-refractivity contribution is 7.90. The van der Waals surface area contributed by atoms with Crippen molar-refractivity contribution in [1.82, 2.24) is 14.9 Å². The van der Waals surface area contributed by atoms with Gasteiger partial charge in [0, 0.05) is 11.8 Å². The number of nitrogens with zero attached hydrogens (tertiary/aromatic N) is 4. The Labute approximate surface area is 122 Å². The van der Waals surface area contributed by atoms with Gasteiger partial charge in [0.25, 0.3) is 11.0 Å². The van der Waals surface area contributed by atoms with Crippen LogP contribution in [0.25, 0.3) is 0 Å². The second-order valence-corrected chi connectivity index (χ2v) is 6.06. The lowest BCUT2D eigenvalue weighted by Gasteiger charge is -2.06. The molecule has 0 saturated heterocycles. The maximum atomic E-state index is 13.4. The van der Waals surface area contributed by atoms with Gasteiger partial charge in [-0.1, -0.05) is 18.2 Å². The number of aromatic nitrogens is 3. The summed E-state index contributed by atoms with van der Waals surface area (Å²) in [6.45, 7) is 0. The molecule has 0 unspecified atom stereocenters. The smallest absolute Gasteiger partial charge is 0.221 e. The van der Waals surface area contributed by atoms with Crippen molar-refractivity contribution >= 4 is 16.1 Å². The van der Waals surface area contributed by atoms with Gasteiger partial charge in [-0.2, -0.15) is 22.9 Å². The molecule has 0 aliphatic heterocycles. The van der Waals surface area contributed by atoms with Gasteiger partial charge >= 0.3 is 6.18 Å². The first-order valence-corrected chi connectivity index (χ1v) is 7.51. The van der Waals surface area contributed by atoms with E-state index in [-0.39, 0.29) is 10.2 Å². The molecule has 118 valence electrons. The van der Waals surface area contributed by atoms with Gasteiger partial charge in [-0.15, -0.1) is 10.2 Å². The van der Waals surface area contributed by atoms with Gasteiger partial charge in [-0.3, -0.25) is 0 Å². The lowest BCUT2D eigenvalue weighted by Crippen LogP contribution is -2.15. The van der Waals surface area contributed by atoms with E-state index in [1.165, 1.54) is 18.2 Å². The highest BCUT2D eigenvalue weighted by Crippen LogP contribution is 2.29. The second kappa shape index (κ2) is 5.48. The average molecular weight is 336 g/mol. The zero-order valence-electron chi connectivity index (χ0n) is 10.9. The molecule has 0 fully saturated rings. The van der Waals surface area contributed by atoms with Crippen LogP contribution in [0, 0.1) is 5.82 Å². The largest absolute Gasteiger partial charge is 0.453 e. The van der Waals surface area contributed by atoms with E-state index in [1.54, 1.807) is 0 Å². The van der Waals surface area contributed by atoms with Crippen LogP contribution in [0.1, 0.15) is 11.4 Å². The fraction of sp³-hybridized carbons (Fsp3) is 0.182. The van der Waals surface area contributed by atoms with Crippen LogP contribution in [0.2, 0.25) is 0 Å². The summed E-state index contributed by atoms with van der Waals surface area (Å²) in [6, 6.07) is 5.17. The summed E-state index contributed by atoms with van der Waals surface area (Å²) in [5, 5.41) is 8.14. The maximum Gasteiger partial charge on any atom is 0.453 e. The van der Waals surface area contributed by atoms with E-state index in [0.29, 0.717) is 6.26 Å². The van der Waals surface area contributed by atoms with E-state index in [2.05, 4.69) is 15.3 Å². The summed E-state index contributed by atoms with van der Waals surface area (Å²) in [6.07, 6.45) is -3.56. The number of hydrogen-bond acceptors (Lipinski definition) is 5. The average Bonchev–Trinajstić information content (AvgIpc) is 2.81. The molecule has 0 N–H and O–H groups in total. The molecule has 0 amide bonds. The molecule has 0 aliphatic rings. The Hall–Kier alpha value is -2.30. The predicted octanol–water partition coefficient (Wildman–Crippen LogP) is 1.72. The van der Waals surface area contributed by atoms with Crippen LogP contribution in [-0.4, -0.2) is 35.8 Å². The van der Waals surface area contributed by atoms with E-state index in [0.717, 1.165) is 12.3 Å². The molecule has 6 nitrogen and oxygen atoms in total. The molecule has 0 spiro atoms. The molecular formula is C11H8F4N4O2S. The molecule has 0 radical (unpaired) electrons. The third kappa shape index (κ3) is 3.30. The van der Waals surface area contributed by atoms with Gasteiger partial charge in [-0.05, 0) is 6.07 Å². The molecule has 2 aromatic rings. The molecule has 0 aliphatic carbocycles. The van der Waals surface area contributed by atoms with Crippen molar-refractivity contribution in [3.8, 4) is 0 Å². The molecule has 1 aromatic heterocycles. The number of benzene rings is 1. The summed E-state index contributed by atoms with van der Waals surface area (Å²) in [4.78, 5) is 0. The summed E-state index contributed by atoms with van der Waals surface area (Å²) >= 11 is 0. The third-order valence-electron chi connectivity index (χ3n) is 2.41. The number of hydrogen-bond donors (Lipinski definition) is 0. The second-order valence-electron chi connectivity index (χ2n) is 4.15. The number of rotatable bonds is 3. The first-order valence-electron chi connectivity index (χ1n) is 5.62. The van der Waals surface area contributed by atoms with E-state index in [1.807, 2.05) is 0 Å². The summed E-state index contributed by atoms with van der Waals surface area (Å²) < 4.78 is 74.7. The minimum absolute atomic E-state index is 0.0156. The van der Waals surface area contributed by atoms with Crippen LogP contribution < -0.4 is 0 Å². The zero-order chi connectivity index (χ0) is 16.5. The molecule has 22 heavy (non-hydrogen) atoms. The quantitative estimate of drug-likeness (QED) is 0.632. The van der Waals surface area contributed by atoms with Crippen LogP contribution in [0.3, 0.4) is 0 Å². The monoisotopic (exact) mass is 336 g/mol. The van der Waals surface area contributed by atoms with Gasteiger partial charge in [0.05, 0.1) is 6.21 Å². The maximum absolute atomic E-state index is 13.4. The number of sulfone groups is 1. The van der Waals surface area contributed by atoms with Gasteiger partial charge < -0.3 is 0 Å². The SMILES string of the molecule is CS(=O)(=O)c1nnc(C(F)(F)F)n1/N=C/c1ccccc1F. The predicted molar refractivity (Wildman–Crippen MR) is 67.5 cm³/mol. The van der Waals surface area contributed by atoms with Crippen molar-refractivity contribution in [3.05, 3.63) is 41.5 Å². The fourth-order valence-electron chi connectivity index (χ4n) is 1.48. The van der Waals surface area contributed by atoms with Crippen LogP contribution in [0.5, 0.6) is 0 Å². The van der Waals surface area contributed by atoms with Crippen molar-refractivity contribution < 1.29 is 26.0 Å². The molecule has 0 saturated carbocycles. The van der Waals surface area contributed by atoms with E-state index in [9.17, 15) is 26.0 Å². The highest BCUT2D eigenvalue weighted by atomic mass is 32.2. The molecule has 1 aromatic carbocycles. The molecule has 11 heteroatoms. The first kappa shape index (κ1) is 16.1. The lowest BCUT2D eigenvalue weighted by atomic mass is 10.2. The number of alkyl halides is 3. The Kier molecular flexibility index (Phi) is 4.00. The van der Waals surface area contributed by atoms with Crippen LogP contribution in [0.15, 0.2) is 34.5 Å².